The van der Waals surface area contributed by atoms with Crippen LogP contribution in [0.5, 0.6) is 5.75 Å². The second-order valence-electron chi connectivity index (χ2n) is 6.32. The summed E-state index contributed by atoms with van der Waals surface area (Å²) in [6.45, 7) is 2.30. The number of rotatable bonds is 5. The van der Waals surface area contributed by atoms with Crippen molar-refractivity contribution in [1.82, 2.24) is 14.8 Å². The number of hydrogen-bond donors (Lipinski definition) is 1. The van der Waals surface area contributed by atoms with Crippen LogP contribution in [0.3, 0.4) is 0 Å². The number of pyridine rings is 1. The van der Waals surface area contributed by atoms with Crippen LogP contribution in [0.15, 0.2) is 36.7 Å². The Kier molecular flexibility index (Phi) is 5.21. The third kappa shape index (κ3) is 4.38. The minimum atomic E-state index is -4.57. The zero-order chi connectivity index (χ0) is 20.5. The van der Waals surface area contributed by atoms with E-state index < -0.39 is 24.5 Å². The van der Waals surface area contributed by atoms with E-state index in [0.29, 0.717) is 11.0 Å². The summed E-state index contributed by atoms with van der Waals surface area (Å²) in [5.41, 5.74) is 0.514. The minimum Gasteiger partial charge on any atom is -0.482 e. The molecule has 2 heterocycles. The molecule has 148 valence electrons. The number of benzene rings is 1. The number of fused-ring (bicyclic) bond motifs is 1. The summed E-state index contributed by atoms with van der Waals surface area (Å²) >= 11 is 0. The van der Waals surface area contributed by atoms with Crippen molar-refractivity contribution < 1.29 is 27.1 Å². The summed E-state index contributed by atoms with van der Waals surface area (Å²) in [5, 5.41) is 7.18. The van der Waals surface area contributed by atoms with Gasteiger partial charge in [0.1, 0.15) is 11.6 Å². The standard InChI is InChI=1S/C18H16F4N4O2/c1-10(2)26-16-11(8-24-26)5-12(7-23-16)17(27)25-14-6-13(19)3-4-15(14)28-9-18(20,21)22/h3-8,10H,9H2,1-2H3,(H,25,27). The van der Waals surface area contributed by atoms with Crippen molar-refractivity contribution in [2.24, 2.45) is 0 Å². The molecule has 0 fully saturated rings. The predicted molar refractivity (Wildman–Crippen MR) is 93.8 cm³/mol. The lowest BCUT2D eigenvalue weighted by atomic mass is 10.2. The molecule has 1 amide bonds. The molecule has 0 saturated carbocycles. The number of anilines is 1. The first-order valence-electron chi connectivity index (χ1n) is 8.28. The highest BCUT2D eigenvalue weighted by molar-refractivity contribution is 6.06. The largest absolute Gasteiger partial charge is 0.482 e. The van der Waals surface area contributed by atoms with E-state index in [2.05, 4.69) is 20.1 Å². The summed E-state index contributed by atoms with van der Waals surface area (Å²) in [4.78, 5) is 16.7. The van der Waals surface area contributed by atoms with Crippen molar-refractivity contribution in [1.29, 1.82) is 0 Å². The van der Waals surface area contributed by atoms with Crippen LogP contribution in [0.1, 0.15) is 30.2 Å². The maximum absolute atomic E-state index is 13.5. The molecule has 0 unspecified atom stereocenters. The zero-order valence-corrected chi connectivity index (χ0v) is 14.9. The van der Waals surface area contributed by atoms with E-state index in [-0.39, 0.29) is 23.0 Å². The summed E-state index contributed by atoms with van der Waals surface area (Å²) < 4.78 is 57.0. The molecule has 0 atom stereocenters. The van der Waals surface area contributed by atoms with Gasteiger partial charge in [-0.1, -0.05) is 0 Å². The van der Waals surface area contributed by atoms with E-state index >= 15 is 0 Å². The first-order valence-corrected chi connectivity index (χ1v) is 8.28. The fourth-order valence-electron chi connectivity index (χ4n) is 2.52. The Balaban J connectivity index is 1.84. The summed E-state index contributed by atoms with van der Waals surface area (Å²) in [6.07, 6.45) is -1.70. The lowest BCUT2D eigenvalue weighted by Gasteiger charge is -2.14. The molecule has 3 aromatic rings. The maximum Gasteiger partial charge on any atom is 0.422 e. The first kappa shape index (κ1) is 19.6. The van der Waals surface area contributed by atoms with Crippen molar-refractivity contribution in [3.8, 4) is 5.75 Å². The highest BCUT2D eigenvalue weighted by Crippen LogP contribution is 2.28. The molecule has 2 aromatic heterocycles. The highest BCUT2D eigenvalue weighted by Gasteiger charge is 2.29. The van der Waals surface area contributed by atoms with Crippen molar-refractivity contribution in [2.45, 2.75) is 26.1 Å². The van der Waals surface area contributed by atoms with Gasteiger partial charge in [0.25, 0.3) is 5.91 Å². The number of ether oxygens (including phenoxy) is 1. The van der Waals surface area contributed by atoms with Crippen molar-refractivity contribution in [2.75, 3.05) is 11.9 Å². The van der Waals surface area contributed by atoms with Crippen LogP contribution in [0.25, 0.3) is 11.0 Å². The van der Waals surface area contributed by atoms with Gasteiger partial charge in [-0.05, 0) is 32.0 Å². The smallest absolute Gasteiger partial charge is 0.422 e. The second-order valence-corrected chi connectivity index (χ2v) is 6.32. The number of aromatic nitrogens is 3. The molecule has 1 N–H and O–H groups in total. The van der Waals surface area contributed by atoms with E-state index in [9.17, 15) is 22.4 Å². The average molecular weight is 396 g/mol. The number of carbonyl (C=O) groups excluding carboxylic acids is 1. The number of amides is 1. The molecule has 1 aromatic carbocycles. The molecule has 0 aliphatic carbocycles. The average Bonchev–Trinajstić information content (AvgIpc) is 3.03. The molecular formula is C18H16F4N4O2. The van der Waals surface area contributed by atoms with Crippen molar-refractivity contribution in [3.05, 3.63) is 48.0 Å². The van der Waals surface area contributed by atoms with Gasteiger partial charge >= 0.3 is 6.18 Å². The Bertz CT molecular complexity index is 1010. The van der Waals surface area contributed by atoms with Crippen LogP contribution in [0, 0.1) is 5.82 Å². The fraction of sp³-hybridized carbons (Fsp3) is 0.278. The lowest BCUT2D eigenvalue weighted by molar-refractivity contribution is -0.153. The van der Waals surface area contributed by atoms with Crippen molar-refractivity contribution >= 4 is 22.6 Å². The molecule has 6 nitrogen and oxygen atoms in total. The molecule has 10 heteroatoms. The topological polar surface area (TPSA) is 69.0 Å². The van der Waals surface area contributed by atoms with Crippen LogP contribution in [-0.4, -0.2) is 33.5 Å². The van der Waals surface area contributed by atoms with Crippen LogP contribution < -0.4 is 10.1 Å². The van der Waals surface area contributed by atoms with Gasteiger partial charge in [-0.15, -0.1) is 0 Å². The third-order valence-electron chi connectivity index (χ3n) is 3.77. The number of nitrogens with one attached hydrogen (secondary N) is 1. The summed E-state index contributed by atoms with van der Waals surface area (Å²) in [6, 6.07) is 4.45. The quantitative estimate of drug-likeness (QED) is 0.652. The minimum absolute atomic E-state index is 0.0744. The van der Waals surface area contributed by atoms with Gasteiger partial charge in [0, 0.05) is 23.7 Å². The highest BCUT2D eigenvalue weighted by atomic mass is 19.4. The monoisotopic (exact) mass is 396 g/mol. The van der Waals surface area contributed by atoms with Crippen LogP contribution in [0.2, 0.25) is 0 Å². The zero-order valence-electron chi connectivity index (χ0n) is 14.9. The van der Waals surface area contributed by atoms with Crippen LogP contribution >= 0.6 is 0 Å². The molecular weight excluding hydrogens is 380 g/mol. The van der Waals surface area contributed by atoms with Crippen LogP contribution in [0.4, 0.5) is 23.2 Å². The number of hydrogen-bond acceptors (Lipinski definition) is 4. The molecule has 0 bridgehead atoms. The van der Waals surface area contributed by atoms with Crippen LogP contribution in [-0.2, 0) is 0 Å². The number of halogens is 4. The van der Waals surface area contributed by atoms with Gasteiger partial charge in [-0.3, -0.25) is 4.79 Å². The maximum atomic E-state index is 13.5. The molecule has 0 radical (unpaired) electrons. The number of nitrogens with zero attached hydrogens (tertiary/aromatic N) is 3. The first-order chi connectivity index (χ1) is 13.1. The molecule has 0 aliphatic rings. The molecule has 28 heavy (non-hydrogen) atoms. The SMILES string of the molecule is CC(C)n1ncc2cc(C(=O)Nc3cc(F)ccc3OCC(F)(F)F)cnc21. The molecule has 0 aliphatic heterocycles. The molecule has 0 spiro atoms. The van der Waals surface area contributed by atoms with E-state index in [1.54, 1.807) is 16.9 Å². The summed E-state index contributed by atoms with van der Waals surface area (Å²) in [7, 11) is 0. The fourth-order valence-corrected chi connectivity index (χ4v) is 2.52. The second kappa shape index (κ2) is 7.45. The van der Waals surface area contributed by atoms with E-state index in [1.165, 1.54) is 6.20 Å². The lowest BCUT2D eigenvalue weighted by Crippen LogP contribution is -2.20. The van der Waals surface area contributed by atoms with Gasteiger partial charge in [0.15, 0.2) is 12.3 Å². The summed E-state index contributed by atoms with van der Waals surface area (Å²) in [5.74, 6) is -1.70. The Morgan fingerprint density at radius 2 is 2.00 bits per heavy atom. The van der Waals surface area contributed by atoms with E-state index in [4.69, 9.17) is 0 Å². The van der Waals surface area contributed by atoms with Gasteiger partial charge in [0.05, 0.1) is 17.4 Å². The van der Waals surface area contributed by atoms with Gasteiger partial charge in [-0.25, -0.2) is 14.1 Å². The van der Waals surface area contributed by atoms with Gasteiger partial charge in [-0.2, -0.15) is 18.3 Å². The van der Waals surface area contributed by atoms with E-state index in [1.807, 2.05) is 13.8 Å². The Hall–Kier alpha value is -3.17. The molecule has 3 rings (SSSR count). The Morgan fingerprint density at radius 3 is 2.68 bits per heavy atom. The van der Waals surface area contributed by atoms with Gasteiger partial charge < -0.3 is 10.1 Å². The van der Waals surface area contributed by atoms with Gasteiger partial charge in [0.2, 0.25) is 0 Å². The Morgan fingerprint density at radius 1 is 1.25 bits per heavy atom. The number of alkyl halides is 3. The Labute approximate surface area is 157 Å². The van der Waals surface area contributed by atoms with Crippen molar-refractivity contribution in [3.63, 3.8) is 0 Å². The predicted octanol–water partition coefficient (Wildman–Crippen LogP) is 4.34. The number of carbonyl (C=O) groups is 1. The van der Waals surface area contributed by atoms with E-state index in [0.717, 1.165) is 18.2 Å². The molecule has 0 saturated heterocycles. The third-order valence-corrected chi connectivity index (χ3v) is 3.77. The normalized spacial score (nSPS) is 11.8.